The lowest BCUT2D eigenvalue weighted by atomic mass is 9.81. The largest absolute Gasteiger partial charge is 0.311 e. The van der Waals surface area contributed by atoms with E-state index < -0.39 is 0 Å². The second-order valence-corrected chi connectivity index (χ2v) is 13.3. The molecule has 0 aromatic heterocycles. The maximum Gasteiger partial charge on any atom is 0.0464 e. The van der Waals surface area contributed by atoms with Gasteiger partial charge in [-0.05, 0) is 114 Å². The highest BCUT2D eigenvalue weighted by atomic mass is 15.2. The quantitative estimate of drug-likeness (QED) is 0.0967. The molecule has 0 radical (unpaired) electrons. The van der Waals surface area contributed by atoms with Gasteiger partial charge in [-0.15, -0.1) is 0 Å². The van der Waals surface area contributed by atoms with Crippen molar-refractivity contribution in [1.29, 1.82) is 0 Å². The third kappa shape index (κ3) is 7.37. The maximum absolute atomic E-state index is 3.86. The SMILES string of the molecule is C=CC=CC(=CC)N(c1ccccc1)c1ccc(C=Cc2ccc3c(c2)C(C)(C)c2cc(N(C(C=CC)=CCC)c4ccccc4)ccc2-3)cc1. The monoisotopic (exact) mass is 664 g/mol. The van der Waals surface area contributed by atoms with Gasteiger partial charge < -0.3 is 9.80 Å². The first-order chi connectivity index (χ1) is 24.9. The summed E-state index contributed by atoms with van der Waals surface area (Å²) in [5.41, 5.74) is 14.4. The van der Waals surface area contributed by atoms with E-state index in [-0.39, 0.29) is 5.41 Å². The van der Waals surface area contributed by atoms with Crippen molar-refractivity contribution in [3.63, 3.8) is 0 Å². The number of hydrogen-bond donors (Lipinski definition) is 0. The van der Waals surface area contributed by atoms with Gasteiger partial charge in [0, 0.05) is 39.6 Å². The third-order valence-electron chi connectivity index (χ3n) is 9.56. The van der Waals surface area contributed by atoms with Gasteiger partial charge in [0.05, 0.1) is 0 Å². The number of hydrogen-bond acceptors (Lipinski definition) is 2. The molecule has 0 amide bonds. The first kappa shape index (κ1) is 35.0. The van der Waals surface area contributed by atoms with Gasteiger partial charge in [-0.2, -0.15) is 0 Å². The Labute approximate surface area is 305 Å². The smallest absolute Gasteiger partial charge is 0.0464 e. The van der Waals surface area contributed by atoms with Crippen molar-refractivity contribution in [1.82, 2.24) is 0 Å². The molecule has 0 atom stereocenters. The summed E-state index contributed by atoms with van der Waals surface area (Å²) in [5, 5.41) is 0. The van der Waals surface area contributed by atoms with Crippen LogP contribution in [0.5, 0.6) is 0 Å². The number of anilines is 4. The Bertz CT molecular complexity index is 2120. The number of allylic oxidation sites excluding steroid dienone is 7. The van der Waals surface area contributed by atoms with Crippen molar-refractivity contribution in [3.8, 4) is 11.1 Å². The van der Waals surface area contributed by atoms with Crippen LogP contribution in [0.25, 0.3) is 23.3 Å². The van der Waals surface area contributed by atoms with E-state index >= 15 is 0 Å². The van der Waals surface area contributed by atoms with Crippen LogP contribution >= 0.6 is 0 Å². The molecule has 0 fully saturated rings. The van der Waals surface area contributed by atoms with E-state index in [9.17, 15) is 0 Å². The molecule has 5 aromatic rings. The highest BCUT2D eigenvalue weighted by Crippen LogP contribution is 2.50. The molecule has 2 nitrogen and oxygen atoms in total. The van der Waals surface area contributed by atoms with E-state index in [0.29, 0.717) is 0 Å². The summed E-state index contributed by atoms with van der Waals surface area (Å²) in [4.78, 5) is 4.64. The molecular formula is C49H48N2. The molecule has 0 heterocycles. The fourth-order valence-corrected chi connectivity index (χ4v) is 7.04. The molecular weight excluding hydrogens is 617 g/mol. The maximum atomic E-state index is 3.86. The van der Waals surface area contributed by atoms with Crippen molar-refractivity contribution in [3.05, 3.63) is 204 Å². The molecule has 2 heteroatoms. The predicted molar refractivity (Wildman–Crippen MR) is 223 cm³/mol. The summed E-state index contributed by atoms with van der Waals surface area (Å²) >= 11 is 0. The zero-order chi connectivity index (χ0) is 35.8. The first-order valence-corrected chi connectivity index (χ1v) is 18.0. The molecule has 0 bridgehead atoms. The lowest BCUT2D eigenvalue weighted by Crippen LogP contribution is -2.18. The number of nitrogens with zero attached hydrogens (tertiary/aromatic N) is 2. The summed E-state index contributed by atoms with van der Waals surface area (Å²) in [7, 11) is 0. The molecule has 0 saturated heterocycles. The van der Waals surface area contributed by atoms with Crippen LogP contribution in [0.3, 0.4) is 0 Å². The zero-order valence-electron chi connectivity index (χ0n) is 30.6. The normalized spacial score (nSPS) is 13.9. The third-order valence-corrected chi connectivity index (χ3v) is 9.56. The van der Waals surface area contributed by atoms with Gasteiger partial charge in [0.15, 0.2) is 0 Å². The Kier molecular flexibility index (Phi) is 10.8. The molecule has 0 aliphatic heterocycles. The van der Waals surface area contributed by atoms with Gasteiger partial charge in [0.1, 0.15) is 0 Å². The highest BCUT2D eigenvalue weighted by molar-refractivity contribution is 5.86. The topological polar surface area (TPSA) is 6.48 Å². The fraction of sp³-hybridized carbons (Fsp3) is 0.143. The van der Waals surface area contributed by atoms with Crippen LogP contribution in [-0.4, -0.2) is 0 Å². The molecule has 254 valence electrons. The predicted octanol–water partition coefficient (Wildman–Crippen LogP) is 14.0. The Morgan fingerprint density at radius 1 is 0.608 bits per heavy atom. The van der Waals surface area contributed by atoms with Crippen LogP contribution in [0.2, 0.25) is 0 Å². The van der Waals surface area contributed by atoms with E-state index in [4.69, 9.17) is 0 Å². The van der Waals surface area contributed by atoms with Gasteiger partial charge >= 0.3 is 0 Å². The standard InChI is InChI=1S/C49H48N2/c1-7-11-20-39(10-4)50(41-21-14-12-15-22-41)43-30-27-37(28-31-43)25-26-38-29-33-45-46-34-32-44(36-48(46)49(5,6)47(45)35-38)51(40(18-8-2)19-9-3)42-23-16-13-17-24-42/h7-8,10-36H,1,9H2,2-6H3. The van der Waals surface area contributed by atoms with Gasteiger partial charge in [-0.1, -0.05) is 143 Å². The van der Waals surface area contributed by atoms with E-state index in [1.54, 1.807) is 0 Å². The van der Waals surface area contributed by atoms with Gasteiger partial charge in [0.25, 0.3) is 0 Å². The van der Waals surface area contributed by atoms with E-state index in [1.807, 2.05) is 18.2 Å². The van der Waals surface area contributed by atoms with Crippen LogP contribution in [0.4, 0.5) is 22.7 Å². The van der Waals surface area contributed by atoms with Crippen molar-refractivity contribution in [2.75, 3.05) is 9.80 Å². The molecule has 6 rings (SSSR count). The molecule has 0 N–H and O–H groups in total. The minimum atomic E-state index is -0.144. The summed E-state index contributed by atoms with van der Waals surface area (Å²) < 4.78 is 0. The van der Waals surface area contributed by atoms with Crippen molar-refractivity contribution in [2.45, 2.75) is 46.5 Å². The Morgan fingerprint density at radius 3 is 1.73 bits per heavy atom. The number of rotatable bonds is 12. The van der Waals surface area contributed by atoms with E-state index in [0.717, 1.165) is 34.7 Å². The van der Waals surface area contributed by atoms with E-state index in [2.05, 4.69) is 209 Å². The van der Waals surface area contributed by atoms with Crippen LogP contribution in [-0.2, 0) is 5.41 Å². The highest BCUT2D eigenvalue weighted by Gasteiger charge is 2.36. The molecule has 1 aliphatic carbocycles. The number of para-hydroxylation sites is 2. The summed E-state index contributed by atoms with van der Waals surface area (Å²) in [5.74, 6) is 0. The molecule has 1 aliphatic rings. The van der Waals surface area contributed by atoms with Crippen LogP contribution in [0.15, 0.2) is 182 Å². The van der Waals surface area contributed by atoms with Crippen molar-refractivity contribution in [2.24, 2.45) is 0 Å². The van der Waals surface area contributed by atoms with Gasteiger partial charge in [-0.3, -0.25) is 0 Å². The summed E-state index contributed by atoms with van der Waals surface area (Å²) in [6.45, 7) is 14.9. The summed E-state index contributed by atoms with van der Waals surface area (Å²) in [6.07, 6.45) is 20.0. The van der Waals surface area contributed by atoms with Crippen molar-refractivity contribution >= 4 is 34.9 Å². The molecule has 0 saturated carbocycles. The average Bonchev–Trinajstić information content (AvgIpc) is 3.39. The first-order valence-electron chi connectivity index (χ1n) is 18.0. The second-order valence-electron chi connectivity index (χ2n) is 13.3. The molecule has 0 spiro atoms. The Morgan fingerprint density at radius 2 is 1.14 bits per heavy atom. The Balaban J connectivity index is 1.29. The van der Waals surface area contributed by atoms with Crippen LogP contribution < -0.4 is 9.80 Å². The number of fused-ring (bicyclic) bond motifs is 3. The molecule has 0 unspecified atom stereocenters. The molecule has 5 aromatic carbocycles. The Hall–Kier alpha value is -5.86. The minimum Gasteiger partial charge on any atom is -0.311 e. The summed E-state index contributed by atoms with van der Waals surface area (Å²) in [6, 6.07) is 43.8. The van der Waals surface area contributed by atoms with E-state index in [1.165, 1.54) is 39.2 Å². The lowest BCUT2D eigenvalue weighted by Gasteiger charge is -2.29. The fourth-order valence-electron chi connectivity index (χ4n) is 7.04. The van der Waals surface area contributed by atoms with Crippen LogP contribution in [0, 0.1) is 0 Å². The van der Waals surface area contributed by atoms with Gasteiger partial charge in [0.2, 0.25) is 0 Å². The number of benzene rings is 5. The zero-order valence-corrected chi connectivity index (χ0v) is 30.6. The second kappa shape index (κ2) is 15.8. The lowest BCUT2D eigenvalue weighted by molar-refractivity contribution is 0.660. The van der Waals surface area contributed by atoms with Crippen LogP contribution in [0.1, 0.15) is 63.3 Å². The van der Waals surface area contributed by atoms with Crippen molar-refractivity contribution < 1.29 is 0 Å². The average molecular weight is 665 g/mol. The van der Waals surface area contributed by atoms with Gasteiger partial charge in [-0.25, -0.2) is 0 Å². The minimum absolute atomic E-state index is 0.144. The molecule has 51 heavy (non-hydrogen) atoms.